The molecule has 0 spiro atoms. The summed E-state index contributed by atoms with van der Waals surface area (Å²) in [7, 11) is -2.30. The third-order valence-corrected chi connectivity index (χ3v) is 10.4. The second-order valence-corrected chi connectivity index (χ2v) is 14.9. The van der Waals surface area contributed by atoms with Crippen molar-refractivity contribution < 1.29 is 32.1 Å². The number of carbonyl (C=O) groups is 2. The van der Waals surface area contributed by atoms with Crippen LogP contribution < -0.4 is 20.7 Å². The van der Waals surface area contributed by atoms with Gasteiger partial charge in [-0.05, 0) is 65.1 Å². The van der Waals surface area contributed by atoms with E-state index in [0.717, 1.165) is 63.4 Å². The molecule has 290 valence electrons. The molecule has 55 heavy (non-hydrogen) atoms. The van der Waals surface area contributed by atoms with Gasteiger partial charge in [0.2, 0.25) is 15.8 Å². The number of benzene rings is 3. The van der Waals surface area contributed by atoms with Crippen molar-refractivity contribution in [3.05, 3.63) is 101 Å². The minimum atomic E-state index is -3.87. The number of unbranched alkanes of at least 4 members (excludes halogenated alkanes) is 8. The maximum atomic E-state index is 12.8. The van der Waals surface area contributed by atoms with Crippen molar-refractivity contribution in [1.82, 2.24) is 25.6 Å². The highest BCUT2D eigenvalue weighted by molar-refractivity contribution is 7.91. The zero-order valence-corrected chi connectivity index (χ0v) is 32.1. The van der Waals surface area contributed by atoms with Gasteiger partial charge in [0, 0.05) is 12.7 Å². The number of halogens is 1. The summed E-state index contributed by atoms with van der Waals surface area (Å²) < 4.78 is 41.3. The molecular formula is C39H44ClN7O7S. The summed E-state index contributed by atoms with van der Waals surface area (Å²) in [4.78, 5) is 33.7. The Hall–Kier alpha value is -5.54. The van der Waals surface area contributed by atoms with Crippen LogP contribution in [0.3, 0.4) is 0 Å². The summed E-state index contributed by atoms with van der Waals surface area (Å²) in [6.45, 7) is 0.701. The van der Waals surface area contributed by atoms with Crippen LogP contribution in [0.5, 0.6) is 5.88 Å². The molecule has 0 aliphatic carbocycles. The molecule has 0 aliphatic rings. The van der Waals surface area contributed by atoms with E-state index in [2.05, 4.69) is 40.9 Å². The van der Waals surface area contributed by atoms with E-state index in [4.69, 9.17) is 21.1 Å². The van der Waals surface area contributed by atoms with Gasteiger partial charge in [-0.2, -0.15) is 4.98 Å². The van der Waals surface area contributed by atoms with Crippen molar-refractivity contribution in [3.8, 4) is 5.88 Å². The van der Waals surface area contributed by atoms with Crippen molar-refractivity contribution in [2.45, 2.75) is 74.1 Å². The predicted molar refractivity (Wildman–Crippen MR) is 208 cm³/mol. The Morgan fingerprint density at radius 1 is 0.800 bits per heavy atom. The lowest BCUT2D eigenvalue weighted by molar-refractivity contribution is -0.142. The number of anilines is 4. The molecule has 5 aromatic rings. The average Bonchev–Trinajstić information content (AvgIpc) is 3.68. The second kappa shape index (κ2) is 20.8. The summed E-state index contributed by atoms with van der Waals surface area (Å²) >= 11 is 6.36. The summed E-state index contributed by atoms with van der Waals surface area (Å²) in [5, 5.41) is 16.0. The molecule has 0 atom stereocenters. The fourth-order valence-electron chi connectivity index (χ4n) is 5.61. The van der Waals surface area contributed by atoms with Gasteiger partial charge in [-0.1, -0.05) is 99.0 Å². The molecule has 1 amide bonds. The van der Waals surface area contributed by atoms with Crippen molar-refractivity contribution in [1.29, 1.82) is 0 Å². The first-order valence-electron chi connectivity index (χ1n) is 18.1. The first-order valence-corrected chi connectivity index (χ1v) is 20.0. The minimum absolute atomic E-state index is 0.102. The Morgan fingerprint density at radius 2 is 1.49 bits per heavy atom. The summed E-state index contributed by atoms with van der Waals surface area (Å²) in [6, 6.07) is 22.4. The highest BCUT2D eigenvalue weighted by atomic mass is 35.5. The fourth-order valence-corrected chi connectivity index (χ4v) is 6.94. The number of nitrogens with zero attached hydrogens (tertiary/aromatic N) is 4. The molecule has 0 unspecified atom stereocenters. The number of nitrogens with one attached hydrogen (secondary N) is 3. The third-order valence-electron chi connectivity index (χ3n) is 8.46. The maximum absolute atomic E-state index is 12.8. The smallest absolute Gasteiger partial charge is 0.310 e. The molecule has 3 N–H and O–H groups in total. The topological polar surface area (TPSA) is 188 Å². The largest absolute Gasteiger partial charge is 0.473 e. The van der Waals surface area contributed by atoms with Gasteiger partial charge in [0.15, 0.2) is 5.82 Å². The SMILES string of the molecule is CNC(=O)c1ccccc1Nc1nc(Nc2cccc(CC(=O)OCCCCCCCCCCCOc3nonc3S(=O)(=O)c3ccccc3)c2)ncc1Cl. The van der Waals surface area contributed by atoms with Crippen LogP contribution in [-0.2, 0) is 25.8 Å². The molecule has 0 saturated carbocycles. The standard InChI is InChI=1S/C39H44ClN7O7S/c1-41-36(49)31-21-12-13-22-33(31)44-35-32(40)27-42-39(45-35)43-29-18-16-17-28(25-29)26-34(48)52-23-14-7-5-3-2-4-6-8-15-24-53-37-38(47-54-46-37)55(50,51)30-19-10-9-11-20-30/h9-13,16-22,25,27H,2-8,14-15,23-24,26H2,1H3,(H,41,49)(H2,42,43,44,45). The van der Waals surface area contributed by atoms with Crippen LogP contribution in [-0.4, -0.2) is 60.8 Å². The van der Waals surface area contributed by atoms with Crippen molar-refractivity contribution in [2.75, 3.05) is 30.9 Å². The van der Waals surface area contributed by atoms with Crippen LogP contribution in [0.25, 0.3) is 0 Å². The molecular weight excluding hydrogens is 746 g/mol. The number of amides is 1. The molecule has 0 fully saturated rings. The van der Waals surface area contributed by atoms with Gasteiger partial charge in [0.1, 0.15) is 5.02 Å². The normalized spacial score (nSPS) is 11.2. The quantitative estimate of drug-likeness (QED) is 0.0455. The number of ether oxygens (including phenoxy) is 2. The van der Waals surface area contributed by atoms with Crippen LogP contribution in [0.4, 0.5) is 23.1 Å². The van der Waals surface area contributed by atoms with E-state index >= 15 is 0 Å². The number of sulfone groups is 1. The molecule has 3 aromatic carbocycles. The van der Waals surface area contributed by atoms with Gasteiger partial charge in [0.05, 0.1) is 42.0 Å². The zero-order valence-electron chi connectivity index (χ0n) is 30.5. The molecule has 0 saturated heterocycles. The Balaban J connectivity index is 0.923. The van der Waals surface area contributed by atoms with Gasteiger partial charge in [-0.15, -0.1) is 0 Å². The van der Waals surface area contributed by atoms with Crippen molar-refractivity contribution >= 4 is 56.5 Å². The average molecular weight is 790 g/mol. The number of aromatic nitrogens is 4. The number of hydrogen-bond acceptors (Lipinski definition) is 13. The van der Waals surface area contributed by atoms with Gasteiger partial charge >= 0.3 is 5.97 Å². The second-order valence-electron chi connectivity index (χ2n) is 12.6. The lowest BCUT2D eigenvalue weighted by Crippen LogP contribution is -2.19. The molecule has 0 aliphatic heterocycles. The number of esters is 1. The highest BCUT2D eigenvalue weighted by Crippen LogP contribution is 2.28. The Kier molecular flexibility index (Phi) is 15.4. The van der Waals surface area contributed by atoms with Gasteiger partial charge in [-0.25, -0.2) is 18.0 Å². The van der Waals surface area contributed by atoms with Crippen molar-refractivity contribution in [3.63, 3.8) is 0 Å². The third kappa shape index (κ3) is 12.2. The van der Waals surface area contributed by atoms with Gasteiger partial charge in [-0.3, -0.25) is 9.59 Å². The molecule has 5 rings (SSSR count). The monoisotopic (exact) mass is 789 g/mol. The van der Waals surface area contributed by atoms with Gasteiger partial charge in [0.25, 0.3) is 16.8 Å². The van der Waals surface area contributed by atoms with Gasteiger partial charge < -0.3 is 25.4 Å². The Labute approximate surface area is 325 Å². The van der Waals surface area contributed by atoms with E-state index < -0.39 is 9.84 Å². The fraction of sp³-hybridized carbons (Fsp3) is 0.333. The minimum Gasteiger partial charge on any atom is -0.473 e. The highest BCUT2D eigenvalue weighted by Gasteiger charge is 2.28. The Bertz CT molecular complexity index is 2120. The Morgan fingerprint density at radius 3 is 2.24 bits per heavy atom. The summed E-state index contributed by atoms with van der Waals surface area (Å²) in [5.74, 6) is -0.0456. The molecule has 2 aromatic heterocycles. The molecule has 0 bridgehead atoms. The molecule has 14 nitrogen and oxygen atoms in total. The predicted octanol–water partition coefficient (Wildman–Crippen LogP) is 7.87. The van der Waals surface area contributed by atoms with E-state index in [-0.39, 0.29) is 45.1 Å². The number of hydrogen-bond donors (Lipinski definition) is 3. The lowest BCUT2D eigenvalue weighted by Gasteiger charge is -2.13. The summed E-state index contributed by atoms with van der Waals surface area (Å²) in [6.07, 6.45) is 10.5. The molecule has 2 heterocycles. The van der Waals surface area contributed by atoms with Crippen molar-refractivity contribution in [2.24, 2.45) is 0 Å². The molecule has 16 heteroatoms. The number of carbonyl (C=O) groups excluding carboxylic acids is 2. The number of rotatable bonds is 22. The maximum Gasteiger partial charge on any atom is 0.310 e. The zero-order chi connectivity index (χ0) is 38.9. The van der Waals surface area contributed by atoms with E-state index in [9.17, 15) is 18.0 Å². The van der Waals surface area contributed by atoms with E-state index in [1.54, 1.807) is 49.5 Å². The first kappa shape index (κ1) is 40.6. The number of para-hydroxylation sites is 1. The van der Waals surface area contributed by atoms with Crippen LogP contribution in [0.2, 0.25) is 5.02 Å². The van der Waals surface area contributed by atoms with E-state index in [0.29, 0.717) is 36.0 Å². The van der Waals surface area contributed by atoms with E-state index in [1.165, 1.54) is 18.3 Å². The lowest BCUT2D eigenvalue weighted by atomic mass is 10.1. The van der Waals surface area contributed by atoms with Crippen LogP contribution in [0.1, 0.15) is 73.7 Å². The molecule has 0 radical (unpaired) electrons. The first-order chi connectivity index (χ1) is 26.7. The van der Waals surface area contributed by atoms with Crippen LogP contribution in [0.15, 0.2) is 99.6 Å². The van der Waals surface area contributed by atoms with E-state index in [1.807, 2.05) is 24.3 Å². The van der Waals surface area contributed by atoms with Crippen LogP contribution >= 0.6 is 11.6 Å². The van der Waals surface area contributed by atoms with Crippen LogP contribution in [0, 0.1) is 0 Å². The summed E-state index contributed by atoms with van der Waals surface area (Å²) in [5.41, 5.74) is 2.46.